The van der Waals surface area contributed by atoms with E-state index in [1.54, 1.807) is 11.3 Å². The van der Waals surface area contributed by atoms with Gasteiger partial charge in [0, 0.05) is 11.1 Å². The smallest absolute Gasteiger partial charge is 0.153 e. The molecule has 0 bridgehead atoms. The van der Waals surface area contributed by atoms with Crippen LogP contribution in [0.5, 0.6) is 0 Å². The molecule has 17 heavy (non-hydrogen) atoms. The third kappa shape index (κ3) is 3.26. The molecule has 0 radical (unpaired) electrons. The molecule has 1 atom stereocenters. The zero-order valence-corrected chi connectivity index (χ0v) is 11.8. The lowest BCUT2D eigenvalue weighted by Crippen LogP contribution is -2.24. The number of sulfone groups is 1. The van der Waals surface area contributed by atoms with Crippen LogP contribution in [0.4, 0.5) is 0 Å². The first-order valence-electron chi connectivity index (χ1n) is 5.89. The minimum Gasteiger partial charge on any atom is -0.309 e. The van der Waals surface area contributed by atoms with Gasteiger partial charge in [0.25, 0.3) is 0 Å². The number of nitrogens with one attached hydrogen (secondary N) is 1. The SMILES string of the molecule is CCNC1CCCc2sc(CS(C)(=O)=O)nc21. The van der Waals surface area contributed by atoms with Crippen molar-refractivity contribution < 1.29 is 8.42 Å². The molecule has 1 aromatic rings. The molecule has 1 N–H and O–H groups in total. The van der Waals surface area contributed by atoms with Crippen LogP contribution in [0.15, 0.2) is 0 Å². The minimum absolute atomic E-state index is 0.0729. The third-order valence-corrected chi connectivity index (χ3v) is 4.95. The molecule has 1 heterocycles. The Morgan fingerprint density at radius 1 is 1.53 bits per heavy atom. The summed E-state index contributed by atoms with van der Waals surface area (Å²) in [5, 5.41) is 4.15. The van der Waals surface area contributed by atoms with Gasteiger partial charge in [-0.3, -0.25) is 0 Å². The summed E-state index contributed by atoms with van der Waals surface area (Å²) in [5.41, 5.74) is 1.08. The average molecular weight is 274 g/mol. The molecule has 0 amide bonds. The minimum atomic E-state index is -2.98. The van der Waals surface area contributed by atoms with Crippen LogP contribution in [0.2, 0.25) is 0 Å². The maximum atomic E-state index is 11.3. The summed E-state index contributed by atoms with van der Waals surface area (Å²) >= 11 is 1.56. The van der Waals surface area contributed by atoms with E-state index in [0.717, 1.165) is 36.5 Å². The van der Waals surface area contributed by atoms with Gasteiger partial charge in [-0.2, -0.15) is 0 Å². The fraction of sp³-hybridized carbons (Fsp3) is 0.727. The summed E-state index contributed by atoms with van der Waals surface area (Å²) in [4.78, 5) is 5.78. The van der Waals surface area contributed by atoms with Gasteiger partial charge in [0.1, 0.15) is 10.8 Å². The number of hydrogen-bond donors (Lipinski definition) is 1. The average Bonchev–Trinajstić information content (AvgIpc) is 2.58. The topological polar surface area (TPSA) is 59.1 Å². The second-order valence-corrected chi connectivity index (χ2v) is 7.80. The van der Waals surface area contributed by atoms with Gasteiger partial charge >= 0.3 is 0 Å². The van der Waals surface area contributed by atoms with Gasteiger partial charge in [-0.15, -0.1) is 11.3 Å². The van der Waals surface area contributed by atoms with Crippen molar-refractivity contribution in [1.29, 1.82) is 0 Å². The molecule has 0 fully saturated rings. The Hall–Kier alpha value is -0.460. The van der Waals surface area contributed by atoms with Crippen LogP contribution in [-0.4, -0.2) is 26.2 Å². The monoisotopic (exact) mass is 274 g/mol. The van der Waals surface area contributed by atoms with Crippen molar-refractivity contribution in [2.45, 2.75) is 38.0 Å². The summed E-state index contributed by atoms with van der Waals surface area (Å²) < 4.78 is 22.5. The molecule has 0 saturated carbocycles. The van der Waals surface area contributed by atoms with E-state index in [4.69, 9.17) is 0 Å². The van der Waals surface area contributed by atoms with Crippen LogP contribution < -0.4 is 5.32 Å². The van der Waals surface area contributed by atoms with Crippen LogP contribution in [0.1, 0.15) is 41.4 Å². The molecule has 6 heteroatoms. The summed E-state index contributed by atoms with van der Waals surface area (Å²) in [6.07, 6.45) is 4.56. The zero-order valence-electron chi connectivity index (χ0n) is 10.2. The standard InChI is InChI=1S/C11H18N2O2S2/c1-3-12-8-5-4-6-9-11(8)13-10(16-9)7-17(2,14)15/h8,12H,3-7H2,1-2H3. The number of aromatic nitrogens is 1. The molecule has 96 valence electrons. The van der Waals surface area contributed by atoms with Crippen LogP contribution in [0.25, 0.3) is 0 Å². The normalized spacial score (nSPS) is 20.2. The fourth-order valence-corrected chi connectivity index (χ4v) is 4.56. The lowest BCUT2D eigenvalue weighted by atomic mass is 9.98. The second kappa shape index (κ2) is 5.04. The Kier molecular flexibility index (Phi) is 3.85. The van der Waals surface area contributed by atoms with E-state index >= 15 is 0 Å². The van der Waals surface area contributed by atoms with Crippen molar-refractivity contribution in [3.05, 3.63) is 15.6 Å². The first kappa shape index (κ1) is 13.0. The maximum absolute atomic E-state index is 11.3. The Balaban J connectivity index is 2.24. The number of nitrogens with zero attached hydrogens (tertiary/aromatic N) is 1. The van der Waals surface area contributed by atoms with Gasteiger partial charge in [0.2, 0.25) is 0 Å². The predicted molar refractivity (Wildman–Crippen MR) is 70.0 cm³/mol. The Morgan fingerprint density at radius 3 is 2.94 bits per heavy atom. The van der Waals surface area contributed by atoms with Crippen LogP contribution in [0, 0.1) is 0 Å². The molecule has 0 spiro atoms. The van der Waals surface area contributed by atoms with Crippen LogP contribution in [-0.2, 0) is 22.0 Å². The van der Waals surface area contributed by atoms with Gasteiger partial charge in [-0.25, -0.2) is 13.4 Å². The molecule has 0 aliphatic heterocycles. The van der Waals surface area contributed by atoms with E-state index in [2.05, 4.69) is 17.2 Å². The summed E-state index contributed by atoms with van der Waals surface area (Å²) in [6.45, 7) is 3.00. The van der Waals surface area contributed by atoms with Crippen molar-refractivity contribution >= 4 is 21.2 Å². The number of rotatable bonds is 4. The number of aryl methyl sites for hydroxylation is 1. The first-order valence-corrected chi connectivity index (χ1v) is 8.77. The highest BCUT2D eigenvalue weighted by molar-refractivity contribution is 7.90. The maximum Gasteiger partial charge on any atom is 0.153 e. The lowest BCUT2D eigenvalue weighted by Gasteiger charge is -2.21. The van der Waals surface area contributed by atoms with Crippen molar-refractivity contribution in [1.82, 2.24) is 10.3 Å². The highest BCUT2D eigenvalue weighted by Crippen LogP contribution is 2.33. The predicted octanol–water partition coefficient (Wildman–Crippen LogP) is 1.67. The number of fused-ring (bicyclic) bond motifs is 1. The molecule has 1 unspecified atom stereocenters. The highest BCUT2D eigenvalue weighted by Gasteiger charge is 2.24. The van der Waals surface area contributed by atoms with Crippen molar-refractivity contribution in [3.8, 4) is 0 Å². The van der Waals surface area contributed by atoms with E-state index in [0.29, 0.717) is 6.04 Å². The number of hydrogen-bond acceptors (Lipinski definition) is 5. The quantitative estimate of drug-likeness (QED) is 0.907. The van der Waals surface area contributed by atoms with Gasteiger partial charge < -0.3 is 5.32 Å². The van der Waals surface area contributed by atoms with Crippen molar-refractivity contribution in [2.24, 2.45) is 0 Å². The largest absolute Gasteiger partial charge is 0.309 e. The van der Waals surface area contributed by atoms with Crippen molar-refractivity contribution in [3.63, 3.8) is 0 Å². The fourth-order valence-electron chi connectivity index (χ4n) is 2.20. The molecule has 1 aromatic heterocycles. The summed E-state index contributed by atoms with van der Waals surface area (Å²) in [5.74, 6) is 0.0729. The molecule has 0 aromatic carbocycles. The molecular weight excluding hydrogens is 256 g/mol. The number of thiazole rings is 1. The Bertz CT molecular complexity index is 494. The van der Waals surface area contributed by atoms with Crippen LogP contribution >= 0.6 is 11.3 Å². The molecule has 1 aliphatic carbocycles. The van der Waals surface area contributed by atoms with E-state index in [-0.39, 0.29) is 5.75 Å². The molecule has 1 aliphatic rings. The first-order chi connectivity index (χ1) is 7.99. The Labute approximate surface area is 106 Å². The van der Waals surface area contributed by atoms with E-state index in [9.17, 15) is 8.42 Å². The summed E-state index contributed by atoms with van der Waals surface area (Å²) in [7, 11) is -2.98. The molecule has 4 nitrogen and oxygen atoms in total. The van der Waals surface area contributed by atoms with E-state index < -0.39 is 9.84 Å². The molecule has 0 saturated heterocycles. The molecule has 2 rings (SSSR count). The van der Waals surface area contributed by atoms with Crippen molar-refractivity contribution in [2.75, 3.05) is 12.8 Å². The van der Waals surface area contributed by atoms with E-state index in [1.165, 1.54) is 11.1 Å². The lowest BCUT2D eigenvalue weighted by molar-refractivity contribution is 0.465. The van der Waals surface area contributed by atoms with E-state index in [1.807, 2.05) is 0 Å². The molecular formula is C11H18N2O2S2. The Morgan fingerprint density at radius 2 is 2.29 bits per heavy atom. The third-order valence-electron chi connectivity index (χ3n) is 2.83. The van der Waals surface area contributed by atoms with Gasteiger partial charge in [0.15, 0.2) is 9.84 Å². The van der Waals surface area contributed by atoms with Gasteiger partial charge in [-0.1, -0.05) is 6.92 Å². The highest BCUT2D eigenvalue weighted by atomic mass is 32.2. The second-order valence-electron chi connectivity index (χ2n) is 4.49. The summed E-state index contributed by atoms with van der Waals surface area (Å²) in [6, 6.07) is 0.313. The zero-order chi connectivity index (χ0) is 12.5. The van der Waals surface area contributed by atoms with Gasteiger partial charge in [0.05, 0.1) is 11.7 Å². The van der Waals surface area contributed by atoms with Crippen LogP contribution in [0.3, 0.4) is 0 Å². The van der Waals surface area contributed by atoms with Gasteiger partial charge in [-0.05, 0) is 25.8 Å².